The lowest BCUT2D eigenvalue weighted by Gasteiger charge is -2.23. The maximum absolute atomic E-state index is 11.6. The highest BCUT2D eigenvalue weighted by Crippen LogP contribution is 2.42. The van der Waals surface area contributed by atoms with Gasteiger partial charge in [0.15, 0.2) is 0 Å². The summed E-state index contributed by atoms with van der Waals surface area (Å²) in [6.07, 6.45) is 4.18. The van der Waals surface area contributed by atoms with Gasteiger partial charge in [-0.25, -0.2) is 0 Å². The van der Waals surface area contributed by atoms with Gasteiger partial charge in [0.1, 0.15) is 6.61 Å². The van der Waals surface area contributed by atoms with Crippen molar-refractivity contribution in [2.45, 2.75) is 32.0 Å². The van der Waals surface area contributed by atoms with Crippen LogP contribution in [0, 0.1) is 11.8 Å². The molecular weight excluding hydrogens is 180 g/mol. The molecule has 1 saturated heterocycles. The van der Waals surface area contributed by atoms with Gasteiger partial charge in [-0.2, -0.15) is 0 Å². The third kappa shape index (κ3) is 1.82. The lowest BCUT2D eigenvalue weighted by atomic mass is 9.80. The summed E-state index contributed by atoms with van der Waals surface area (Å²) in [5.74, 6) is 0.320. The fraction of sp³-hybridized carbons (Fsp3) is 0.727. The third-order valence-electron chi connectivity index (χ3n) is 3.11. The maximum Gasteiger partial charge on any atom is 0.309 e. The average molecular weight is 196 g/mol. The van der Waals surface area contributed by atoms with Crippen molar-refractivity contribution in [2.75, 3.05) is 6.61 Å². The van der Waals surface area contributed by atoms with E-state index in [0.717, 1.165) is 12.8 Å². The highest BCUT2D eigenvalue weighted by molar-refractivity contribution is 5.73. The predicted octanol–water partition coefficient (Wildman–Crippen LogP) is 1.53. The molecule has 3 nitrogen and oxygen atoms in total. The van der Waals surface area contributed by atoms with E-state index in [4.69, 9.17) is 9.47 Å². The topological polar surface area (TPSA) is 38.8 Å². The molecule has 2 fully saturated rings. The van der Waals surface area contributed by atoms with Crippen LogP contribution in [-0.4, -0.2) is 24.8 Å². The SMILES string of the molecule is C=CCOC(=O)[C@@H]1C[C@H]2O[C@@H]2C[C@H]1C. The minimum atomic E-state index is -0.0913. The Bertz CT molecular complexity index is 249. The van der Waals surface area contributed by atoms with E-state index in [9.17, 15) is 4.79 Å². The predicted molar refractivity (Wildman–Crippen MR) is 51.7 cm³/mol. The van der Waals surface area contributed by atoms with E-state index in [-0.39, 0.29) is 11.9 Å². The Labute approximate surface area is 84.1 Å². The quantitative estimate of drug-likeness (QED) is 0.390. The lowest BCUT2D eigenvalue weighted by Crippen LogP contribution is -2.30. The van der Waals surface area contributed by atoms with Crippen LogP contribution in [0.2, 0.25) is 0 Å². The smallest absolute Gasteiger partial charge is 0.309 e. The van der Waals surface area contributed by atoms with Crippen LogP contribution in [0.15, 0.2) is 12.7 Å². The van der Waals surface area contributed by atoms with Crippen LogP contribution in [0.25, 0.3) is 0 Å². The minimum Gasteiger partial charge on any atom is -0.461 e. The van der Waals surface area contributed by atoms with E-state index in [2.05, 4.69) is 13.5 Å². The Kier molecular flexibility index (Phi) is 2.59. The summed E-state index contributed by atoms with van der Waals surface area (Å²) in [5.41, 5.74) is 0. The molecule has 1 aliphatic heterocycles. The van der Waals surface area contributed by atoms with E-state index < -0.39 is 0 Å². The van der Waals surface area contributed by atoms with Crippen LogP contribution in [0.3, 0.4) is 0 Å². The Morgan fingerprint density at radius 1 is 1.57 bits per heavy atom. The molecule has 2 aliphatic rings. The van der Waals surface area contributed by atoms with Gasteiger partial charge in [-0.1, -0.05) is 19.6 Å². The molecule has 4 atom stereocenters. The zero-order chi connectivity index (χ0) is 10.1. The summed E-state index contributed by atoms with van der Waals surface area (Å²) in [6, 6.07) is 0. The zero-order valence-electron chi connectivity index (χ0n) is 8.44. The van der Waals surface area contributed by atoms with Crippen LogP contribution >= 0.6 is 0 Å². The molecule has 0 aromatic carbocycles. The van der Waals surface area contributed by atoms with Gasteiger partial charge in [0.25, 0.3) is 0 Å². The molecule has 2 rings (SSSR count). The van der Waals surface area contributed by atoms with E-state index in [1.165, 1.54) is 0 Å². The van der Waals surface area contributed by atoms with Crippen LogP contribution in [0.5, 0.6) is 0 Å². The van der Waals surface area contributed by atoms with Crippen molar-refractivity contribution >= 4 is 5.97 Å². The van der Waals surface area contributed by atoms with Gasteiger partial charge in [0.05, 0.1) is 18.1 Å². The van der Waals surface area contributed by atoms with Crippen molar-refractivity contribution < 1.29 is 14.3 Å². The molecule has 78 valence electrons. The number of rotatable bonds is 3. The fourth-order valence-corrected chi connectivity index (χ4v) is 2.18. The van der Waals surface area contributed by atoms with Crippen LogP contribution in [0.1, 0.15) is 19.8 Å². The fourth-order valence-electron chi connectivity index (χ4n) is 2.18. The summed E-state index contributed by atoms with van der Waals surface area (Å²) in [6.45, 7) is 5.93. The van der Waals surface area contributed by atoms with Gasteiger partial charge in [-0.05, 0) is 18.8 Å². The van der Waals surface area contributed by atoms with Crippen LogP contribution < -0.4 is 0 Å². The Hall–Kier alpha value is -0.830. The van der Waals surface area contributed by atoms with Crippen molar-refractivity contribution in [3.8, 4) is 0 Å². The molecule has 0 aromatic heterocycles. The van der Waals surface area contributed by atoms with E-state index in [0.29, 0.717) is 24.7 Å². The molecule has 0 bridgehead atoms. The number of carbonyl (C=O) groups is 1. The molecule has 0 N–H and O–H groups in total. The normalized spacial score (nSPS) is 39.8. The van der Waals surface area contributed by atoms with Crippen molar-refractivity contribution in [2.24, 2.45) is 11.8 Å². The molecular formula is C11H16O3. The first kappa shape index (κ1) is 9.71. The first-order valence-electron chi connectivity index (χ1n) is 5.15. The second kappa shape index (κ2) is 3.73. The second-order valence-corrected chi connectivity index (χ2v) is 4.19. The highest BCUT2D eigenvalue weighted by Gasteiger charge is 2.49. The van der Waals surface area contributed by atoms with Crippen molar-refractivity contribution in [1.29, 1.82) is 0 Å². The van der Waals surface area contributed by atoms with Gasteiger partial charge >= 0.3 is 5.97 Å². The highest BCUT2D eigenvalue weighted by atomic mass is 16.6. The van der Waals surface area contributed by atoms with Gasteiger partial charge in [-0.3, -0.25) is 4.79 Å². The van der Waals surface area contributed by atoms with Gasteiger partial charge in [0, 0.05) is 0 Å². The molecule has 0 aromatic rings. The van der Waals surface area contributed by atoms with Crippen LogP contribution in [-0.2, 0) is 14.3 Å². The average Bonchev–Trinajstić information content (AvgIpc) is 2.90. The molecule has 1 saturated carbocycles. The summed E-state index contributed by atoms with van der Waals surface area (Å²) >= 11 is 0. The van der Waals surface area contributed by atoms with E-state index in [1.807, 2.05) is 0 Å². The van der Waals surface area contributed by atoms with E-state index >= 15 is 0 Å². The molecule has 0 amide bonds. The number of esters is 1. The number of hydrogen-bond acceptors (Lipinski definition) is 3. The summed E-state index contributed by atoms with van der Waals surface area (Å²) in [7, 11) is 0. The maximum atomic E-state index is 11.6. The van der Waals surface area contributed by atoms with Gasteiger partial charge in [-0.15, -0.1) is 0 Å². The van der Waals surface area contributed by atoms with Crippen molar-refractivity contribution in [3.63, 3.8) is 0 Å². The first-order chi connectivity index (χ1) is 6.72. The Morgan fingerprint density at radius 3 is 3.00 bits per heavy atom. The van der Waals surface area contributed by atoms with Crippen LogP contribution in [0.4, 0.5) is 0 Å². The number of epoxide rings is 1. The lowest BCUT2D eigenvalue weighted by molar-refractivity contribution is -0.149. The largest absolute Gasteiger partial charge is 0.461 e. The molecule has 1 aliphatic carbocycles. The summed E-state index contributed by atoms with van der Waals surface area (Å²) < 4.78 is 10.5. The Balaban J connectivity index is 1.88. The summed E-state index contributed by atoms with van der Waals surface area (Å²) in [4.78, 5) is 11.6. The molecule has 0 radical (unpaired) electrons. The second-order valence-electron chi connectivity index (χ2n) is 4.19. The first-order valence-corrected chi connectivity index (χ1v) is 5.15. The zero-order valence-corrected chi connectivity index (χ0v) is 8.44. The number of hydrogen-bond donors (Lipinski definition) is 0. The molecule has 3 heteroatoms. The summed E-state index contributed by atoms with van der Waals surface area (Å²) in [5, 5.41) is 0. The Morgan fingerprint density at radius 2 is 2.29 bits per heavy atom. The number of fused-ring (bicyclic) bond motifs is 1. The minimum absolute atomic E-state index is 0.0266. The standard InChI is InChI=1S/C11H16O3/c1-3-4-13-11(12)8-6-10-9(14-10)5-7(8)2/h3,7-10H,1,4-6H2,2H3/t7-,8-,9-,10-/m1/s1. The molecule has 14 heavy (non-hydrogen) atoms. The molecule has 1 heterocycles. The van der Waals surface area contributed by atoms with Gasteiger partial charge in [0.2, 0.25) is 0 Å². The van der Waals surface area contributed by atoms with Gasteiger partial charge < -0.3 is 9.47 Å². The molecule has 0 spiro atoms. The van der Waals surface area contributed by atoms with Crippen molar-refractivity contribution in [1.82, 2.24) is 0 Å². The van der Waals surface area contributed by atoms with Crippen molar-refractivity contribution in [3.05, 3.63) is 12.7 Å². The number of ether oxygens (including phenoxy) is 2. The third-order valence-corrected chi connectivity index (χ3v) is 3.11. The number of carbonyl (C=O) groups excluding carboxylic acids is 1. The van der Waals surface area contributed by atoms with E-state index in [1.54, 1.807) is 6.08 Å². The monoisotopic (exact) mass is 196 g/mol. The molecule has 0 unspecified atom stereocenters.